The van der Waals surface area contributed by atoms with Crippen LogP contribution in [0.2, 0.25) is 0 Å². The van der Waals surface area contributed by atoms with Crippen LogP contribution in [0.15, 0.2) is 30.0 Å². The standard InChI is InChI=1S/C35H56N2O/c1-24(23-38-21-18-26-11-13-28(36)22-33(26)37)8-7-9-25(2)30-15-16-31-29-14-12-27-10-5-6-19-34(27,3)32(29)17-20-35(30,31)4/h11,13,22-23,25,27,29-32H,5-10,12,14-21,36-37H2,1-4H3/t25-,27?,29+,30-,31+,32+,34+,35-/m1/s1. The summed E-state index contributed by atoms with van der Waals surface area (Å²) in [6, 6.07) is 5.75. The van der Waals surface area contributed by atoms with E-state index < -0.39 is 0 Å². The molecule has 0 spiro atoms. The van der Waals surface area contributed by atoms with E-state index in [0.29, 0.717) is 23.1 Å². The highest BCUT2D eigenvalue weighted by Gasteiger charge is 2.60. The van der Waals surface area contributed by atoms with Crippen LogP contribution in [0.25, 0.3) is 0 Å². The minimum absolute atomic E-state index is 0.594. The summed E-state index contributed by atoms with van der Waals surface area (Å²) >= 11 is 0. The number of benzene rings is 1. The van der Waals surface area contributed by atoms with Crippen LogP contribution >= 0.6 is 0 Å². The van der Waals surface area contributed by atoms with Crippen LogP contribution in [0.1, 0.15) is 117 Å². The first-order chi connectivity index (χ1) is 18.2. The number of nitrogens with two attached hydrogens (primary N) is 2. The molecule has 0 saturated heterocycles. The minimum Gasteiger partial charge on any atom is -0.501 e. The fourth-order valence-corrected chi connectivity index (χ4v) is 10.4. The van der Waals surface area contributed by atoms with Crippen molar-refractivity contribution in [3.05, 3.63) is 35.6 Å². The van der Waals surface area contributed by atoms with E-state index in [2.05, 4.69) is 27.7 Å². The summed E-state index contributed by atoms with van der Waals surface area (Å²) in [5.41, 5.74) is 17.1. The fourth-order valence-electron chi connectivity index (χ4n) is 10.4. The average molecular weight is 521 g/mol. The lowest BCUT2D eigenvalue weighted by Gasteiger charge is -2.61. The van der Waals surface area contributed by atoms with Crippen LogP contribution < -0.4 is 11.5 Å². The van der Waals surface area contributed by atoms with Crippen LogP contribution in [0, 0.1) is 46.3 Å². The van der Waals surface area contributed by atoms with Crippen molar-refractivity contribution in [2.75, 3.05) is 18.1 Å². The number of hydrogen-bond acceptors (Lipinski definition) is 3. The van der Waals surface area contributed by atoms with Crippen molar-refractivity contribution < 1.29 is 4.74 Å². The third-order valence-electron chi connectivity index (χ3n) is 12.5. The van der Waals surface area contributed by atoms with Crippen LogP contribution in [-0.2, 0) is 11.2 Å². The molecule has 38 heavy (non-hydrogen) atoms. The number of allylic oxidation sites excluding steroid dienone is 1. The summed E-state index contributed by atoms with van der Waals surface area (Å²) in [7, 11) is 0. The number of ether oxygens (including phenoxy) is 1. The molecule has 3 heteroatoms. The molecule has 4 saturated carbocycles. The smallest absolute Gasteiger partial charge is 0.0914 e. The number of anilines is 2. The molecule has 0 radical (unpaired) electrons. The van der Waals surface area contributed by atoms with Crippen molar-refractivity contribution >= 4 is 11.4 Å². The van der Waals surface area contributed by atoms with Crippen LogP contribution in [0.5, 0.6) is 0 Å². The van der Waals surface area contributed by atoms with Crippen molar-refractivity contribution in [1.29, 1.82) is 0 Å². The largest absolute Gasteiger partial charge is 0.501 e. The van der Waals surface area contributed by atoms with E-state index in [9.17, 15) is 0 Å². The predicted octanol–water partition coefficient (Wildman–Crippen LogP) is 9.17. The van der Waals surface area contributed by atoms with Crippen molar-refractivity contribution in [2.24, 2.45) is 46.3 Å². The monoisotopic (exact) mass is 520 g/mol. The van der Waals surface area contributed by atoms with Gasteiger partial charge in [-0.15, -0.1) is 0 Å². The van der Waals surface area contributed by atoms with Gasteiger partial charge in [0.2, 0.25) is 0 Å². The van der Waals surface area contributed by atoms with Gasteiger partial charge in [-0.25, -0.2) is 0 Å². The highest BCUT2D eigenvalue weighted by Crippen LogP contribution is 2.68. The molecule has 0 aliphatic heterocycles. The Kier molecular flexibility index (Phi) is 8.42. The lowest BCUT2D eigenvalue weighted by Crippen LogP contribution is -2.53. The molecule has 8 atom stereocenters. The Balaban J connectivity index is 1.09. The molecule has 0 aromatic heterocycles. The molecule has 5 rings (SSSR count). The average Bonchev–Trinajstić information content (AvgIpc) is 3.24. The molecule has 4 aliphatic rings. The van der Waals surface area contributed by atoms with E-state index in [1.807, 2.05) is 24.5 Å². The van der Waals surface area contributed by atoms with Gasteiger partial charge >= 0.3 is 0 Å². The van der Waals surface area contributed by atoms with Crippen molar-refractivity contribution in [3.8, 4) is 0 Å². The second-order valence-corrected chi connectivity index (χ2v) is 14.5. The van der Waals surface area contributed by atoms with Gasteiger partial charge in [0, 0.05) is 17.8 Å². The molecule has 0 bridgehead atoms. The van der Waals surface area contributed by atoms with Gasteiger partial charge in [0.25, 0.3) is 0 Å². The lowest BCUT2D eigenvalue weighted by molar-refractivity contribution is -0.114. The molecule has 0 amide bonds. The first-order valence-corrected chi connectivity index (χ1v) is 16.1. The van der Waals surface area contributed by atoms with E-state index in [4.69, 9.17) is 16.2 Å². The Labute approximate surface area is 233 Å². The van der Waals surface area contributed by atoms with Crippen molar-refractivity contribution in [3.63, 3.8) is 0 Å². The van der Waals surface area contributed by atoms with Gasteiger partial charge < -0.3 is 16.2 Å². The number of rotatable bonds is 9. The van der Waals surface area contributed by atoms with Gasteiger partial charge in [-0.2, -0.15) is 0 Å². The summed E-state index contributed by atoms with van der Waals surface area (Å²) < 4.78 is 5.88. The molecule has 4 fully saturated rings. The Morgan fingerprint density at radius 3 is 2.63 bits per heavy atom. The molecular weight excluding hydrogens is 464 g/mol. The predicted molar refractivity (Wildman–Crippen MR) is 162 cm³/mol. The van der Waals surface area contributed by atoms with Gasteiger partial charge in [0.05, 0.1) is 12.9 Å². The molecule has 4 N–H and O–H groups in total. The van der Waals surface area contributed by atoms with E-state index >= 15 is 0 Å². The first kappa shape index (κ1) is 27.9. The second kappa shape index (κ2) is 11.5. The number of fused-ring (bicyclic) bond motifs is 5. The van der Waals surface area contributed by atoms with Crippen LogP contribution in [-0.4, -0.2) is 6.61 Å². The van der Waals surface area contributed by atoms with Crippen LogP contribution in [0.3, 0.4) is 0 Å². The van der Waals surface area contributed by atoms with Gasteiger partial charge in [0.1, 0.15) is 0 Å². The lowest BCUT2D eigenvalue weighted by atomic mass is 9.44. The summed E-state index contributed by atoms with van der Waals surface area (Å²) in [4.78, 5) is 0. The molecule has 1 unspecified atom stereocenters. The molecule has 1 aromatic carbocycles. The zero-order valence-corrected chi connectivity index (χ0v) is 24.9. The first-order valence-electron chi connectivity index (χ1n) is 16.1. The number of nitrogen functional groups attached to an aromatic ring is 2. The maximum absolute atomic E-state index is 6.07. The quantitative estimate of drug-likeness (QED) is 0.194. The highest BCUT2D eigenvalue weighted by atomic mass is 16.5. The van der Waals surface area contributed by atoms with Gasteiger partial charge in [-0.1, -0.05) is 46.1 Å². The van der Waals surface area contributed by atoms with Crippen LogP contribution in [0.4, 0.5) is 11.4 Å². The molecule has 4 aliphatic carbocycles. The van der Waals surface area contributed by atoms with E-state index in [-0.39, 0.29) is 0 Å². The molecule has 3 nitrogen and oxygen atoms in total. The number of hydrogen-bond donors (Lipinski definition) is 2. The maximum Gasteiger partial charge on any atom is 0.0914 e. The zero-order valence-electron chi connectivity index (χ0n) is 24.9. The van der Waals surface area contributed by atoms with Gasteiger partial charge in [-0.3, -0.25) is 0 Å². The summed E-state index contributed by atoms with van der Waals surface area (Å²) in [6.45, 7) is 10.9. The SMILES string of the molecule is CC(=COCCc1ccc(N)cc1N)CCC[C@@H](C)[C@H]1CC[C@H]2[C@@H]3CCC4CCCC[C@]4(C)[C@H]3CC[C@]12C. The van der Waals surface area contributed by atoms with Gasteiger partial charge in [0.15, 0.2) is 0 Å². The third kappa shape index (κ3) is 5.37. The maximum atomic E-state index is 6.07. The second-order valence-electron chi connectivity index (χ2n) is 14.5. The Morgan fingerprint density at radius 1 is 1.00 bits per heavy atom. The van der Waals surface area contributed by atoms with Gasteiger partial charge in [-0.05, 0) is 141 Å². The molecule has 0 heterocycles. The molecule has 1 aromatic rings. The Hall–Kier alpha value is -1.64. The summed E-state index contributed by atoms with van der Waals surface area (Å²) in [5.74, 6) is 5.85. The molecule has 212 valence electrons. The Bertz CT molecular complexity index is 986. The highest BCUT2D eigenvalue weighted by molar-refractivity contribution is 5.56. The minimum atomic E-state index is 0.594. The Morgan fingerprint density at radius 2 is 1.82 bits per heavy atom. The summed E-state index contributed by atoms with van der Waals surface area (Å²) in [6.07, 6.45) is 21.7. The van der Waals surface area contributed by atoms with E-state index in [1.54, 1.807) is 6.42 Å². The zero-order chi connectivity index (χ0) is 26.9. The topological polar surface area (TPSA) is 61.3 Å². The normalized spacial score (nSPS) is 37.7. The molecular formula is C35H56N2O. The van der Waals surface area contributed by atoms with E-state index in [0.717, 1.165) is 59.6 Å². The fraction of sp³-hybridized carbons (Fsp3) is 0.771. The van der Waals surface area contributed by atoms with Crippen molar-refractivity contribution in [1.82, 2.24) is 0 Å². The van der Waals surface area contributed by atoms with Crippen molar-refractivity contribution in [2.45, 2.75) is 118 Å². The summed E-state index contributed by atoms with van der Waals surface area (Å²) in [5, 5.41) is 0. The third-order valence-corrected chi connectivity index (χ3v) is 12.5. The van der Waals surface area contributed by atoms with E-state index in [1.165, 1.54) is 76.2 Å².